The van der Waals surface area contributed by atoms with Crippen molar-refractivity contribution in [3.05, 3.63) is 158 Å². The summed E-state index contributed by atoms with van der Waals surface area (Å²) in [6.45, 7) is 0. The van der Waals surface area contributed by atoms with Gasteiger partial charge >= 0.3 is 0 Å². The summed E-state index contributed by atoms with van der Waals surface area (Å²) in [6.07, 6.45) is 0. The molecule has 210 valence electrons. The SMILES string of the molecule is c1ccc(-c2cc(-c3ccc4ccccc4c3)nc(-c3cc(-c4ccc5ccccc5c4)c4c(c3)oc3ccccc34)n2)cc1. The maximum absolute atomic E-state index is 6.49. The summed E-state index contributed by atoms with van der Waals surface area (Å²) >= 11 is 0. The first-order valence-electron chi connectivity index (χ1n) is 15.2. The average molecular weight is 575 g/mol. The summed E-state index contributed by atoms with van der Waals surface area (Å²) in [5.74, 6) is 0.656. The lowest BCUT2D eigenvalue weighted by atomic mass is 9.95. The molecule has 0 aliphatic heterocycles. The molecule has 0 saturated heterocycles. The third kappa shape index (κ3) is 4.45. The number of para-hydroxylation sites is 1. The third-order valence-corrected chi connectivity index (χ3v) is 8.64. The molecular formula is C42H26N2O. The van der Waals surface area contributed by atoms with Crippen molar-refractivity contribution in [3.63, 3.8) is 0 Å². The minimum Gasteiger partial charge on any atom is -0.456 e. The lowest BCUT2D eigenvalue weighted by molar-refractivity contribution is 0.669. The number of hydrogen-bond donors (Lipinski definition) is 0. The van der Waals surface area contributed by atoms with E-state index in [1.54, 1.807) is 0 Å². The van der Waals surface area contributed by atoms with Crippen LogP contribution in [0, 0.1) is 0 Å². The summed E-state index contributed by atoms with van der Waals surface area (Å²) in [5, 5.41) is 6.98. The molecule has 0 bridgehead atoms. The molecule has 0 aliphatic carbocycles. The Balaban J connectivity index is 1.31. The van der Waals surface area contributed by atoms with Gasteiger partial charge in [0.05, 0.1) is 11.4 Å². The molecule has 0 fully saturated rings. The van der Waals surface area contributed by atoms with Crippen molar-refractivity contribution in [2.75, 3.05) is 0 Å². The van der Waals surface area contributed by atoms with Gasteiger partial charge in [-0.25, -0.2) is 9.97 Å². The van der Waals surface area contributed by atoms with Crippen LogP contribution in [0.15, 0.2) is 162 Å². The summed E-state index contributed by atoms with van der Waals surface area (Å²) in [6, 6.07) is 55.0. The molecule has 7 aromatic carbocycles. The van der Waals surface area contributed by atoms with Crippen LogP contribution in [-0.2, 0) is 0 Å². The summed E-state index contributed by atoms with van der Waals surface area (Å²) in [7, 11) is 0. The molecule has 0 amide bonds. The van der Waals surface area contributed by atoms with E-state index in [4.69, 9.17) is 14.4 Å². The van der Waals surface area contributed by atoms with E-state index < -0.39 is 0 Å². The Morgan fingerprint density at radius 2 is 0.978 bits per heavy atom. The quantitative estimate of drug-likeness (QED) is 0.210. The van der Waals surface area contributed by atoms with E-state index in [0.29, 0.717) is 5.82 Å². The molecule has 2 heterocycles. The molecule has 2 aromatic heterocycles. The molecule has 3 nitrogen and oxygen atoms in total. The molecule has 0 aliphatic rings. The van der Waals surface area contributed by atoms with Crippen molar-refractivity contribution in [2.24, 2.45) is 0 Å². The Kier molecular flexibility index (Phi) is 5.82. The zero-order valence-corrected chi connectivity index (χ0v) is 24.3. The van der Waals surface area contributed by atoms with Crippen LogP contribution in [-0.4, -0.2) is 9.97 Å². The predicted molar refractivity (Wildman–Crippen MR) is 186 cm³/mol. The van der Waals surface area contributed by atoms with Crippen molar-refractivity contribution in [1.29, 1.82) is 0 Å². The first-order chi connectivity index (χ1) is 22.3. The van der Waals surface area contributed by atoms with E-state index in [2.05, 4.69) is 127 Å². The maximum atomic E-state index is 6.49. The van der Waals surface area contributed by atoms with Gasteiger partial charge in [0, 0.05) is 27.5 Å². The van der Waals surface area contributed by atoms with Gasteiger partial charge in [0.1, 0.15) is 11.2 Å². The van der Waals surface area contributed by atoms with Gasteiger partial charge in [-0.2, -0.15) is 0 Å². The van der Waals surface area contributed by atoms with Crippen LogP contribution in [0.3, 0.4) is 0 Å². The highest BCUT2D eigenvalue weighted by atomic mass is 16.3. The molecule has 0 radical (unpaired) electrons. The lowest BCUT2D eigenvalue weighted by Gasteiger charge is -2.12. The number of furan rings is 1. The highest BCUT2D eigenvalue weighted by molar-refractivity contribution is 6.14. The average Bonchev–Trinajstić information content (AvgIpc) is 3.50. The first-order valence-corrected chi connectivity index (χ1v) is 15.2. The number of benzene rings is 7. The van der Waals surface area contributed by atoms with Gasteiger partial charge < -0.3 is 4.42 Å². The molecule has 9 rings (SSSR count). The van der Waals surface area contributed by atoms with Gasteiger partial charge in [-0.15, -0.1) is 0 Å². The molecule has 3 heteroatoms. The molecular weight excluding hydrogens is 548 g/mol. The zero-order valence-electron chi connectivity index (χ0n) is 24.3. The topological polar surface area (TPSA) is 38.9 Å². The van der Waals surface area contributed by atoms with Crippen LogP contribution in [0.4, 0.5) is 0 Å². The minimum absolute atomic E-state index is 0.656. The number of rotatable bonds is 4. The number of nitrogens with zero attached hydrogens (tertiary/aromatic N) is 2. The van der Waals surface area contributed by atoms with Crippen molar-refractivity contribution < 1.29 is 4.42 Å². The van der Waals surface area contributed by atoms with Crippen LogP contribution in [0.5, 0.6) is 0 Å². The van der Waals surface area contributed by atoms with Gasteiger partial charge in [0.25, 0.3) is 0 Å². The summed E-state index contributed by atoms with van der Waals surface area (Å²) < 4.78 is 6.49. The second-order valence-electron chi connectivity index (χ2n) is 11.4. The first kappa shape index (κ1) is 25.4. The van der Waals surface area contributed by atoms with Gasteiger partial charge in [0.2, 0.25) is 0 Å². The molecule has 45 heavy (non-hydrogen) atoms. The van der Waals surface area contributed by atoms with Gasteiger partial charge in [-0.1, -0.05) is 121 Å². The van der Waals surface area contributed by atoms with Crippen LogP contribution < -0.4 is 0 Å². The van der Waals surface area contributed by atoms with Crippen LogP contribution in [0.25, 0.3) is 88.5 Å². The Morgan fingerprint density at radius 3 is 1.73 bits per heavy atom. The standard InChI is InChI=1S/C42H26N2O/c1-2-12-29(13-3-1)37-26-38(33-21-19-28-11-5-7-15-31(28)23-33)44-42(43-37)34-24-36(32-20-18-27-10-4-6-14-30(27)22-32)41-35-16-8-9-17-39(35)45-40(41)25-34/h1-26H. The highest BCUT2D eigenvalue weighted by Crippen LogP contribution is 2.41. The molecule has 0 N–H and O–H groups in total. The highest BCUT2D eigenvalue weighted by Gasteiger charge is 2.18. The van der Waals surface area contributed by atoms with Crippen molar-refractivity contribution >= 4 is 43.5 Å². The van der Waals surface area contributed by atoms with Gasteiger partial charge in [-0.05, 0) is 69.1 Å². The van der Waals surface area contributed by atoms with E-state index in [0.717, 1.165) is 61.1 Å². The second-order valence-corrected chi connectivity index (χ2v) is 11.4. The van der Waals surface area contributed by atoms with Gasteiger partial charge in [-0.3, -0.25) is 0 Å². The second kappa shape index (κ2) is 10.3. The Bertz CT molecular complexity index is 2550. The predicted octanol–water partition coefficient (Wildman–Crippen LogP) is 11.4. The molecule has 0 atom stereocenters. The monoisotopic (exact) mass is 574 g/mol. The van der Waals surface area contributed by atoms with Crippen molar-refractivity contribution in [1.82, 2.24) is 9.97 Å². The Hall–Kier alpha value is -6.06. The Morgan fingerprint density at radius 1 is 0.378 bits per heavy atom. The van der Waals surface area contributed by atoms with Crippen LogP contribution >= 0.6 is 0 Å². The van der Waals surface area contributed by atoms with E-state index in [1.807, 2.05) is 30.3 Å². The van der Waals surface area contributed by atoms with E-state index in [-0.39, 0.29) is 0 Å². The lowest BCUT2D eigenvalue weighted by Crippen LogP contribution is -1.96. The van der Waals surface area contributed by atoms with E-state index in [9.17, 15) is 0 Å². The molecule has 0 saturated carbocycles. The number of aromatic nitrogens is 2. The molecule has 9 aromatic rings. The van der Waals surface area contributed by atoms with E-state index in [1.165, 1.54) is 21.5 Å². The maximum Gasteiger partial charge on any atom is 0.160 e. The van der Waals surface area contributed by atoms with Crippen molar-refractivity contribution in [2.45, 2.75) is 0 Å². The smallest absolute Gasteiger partial charge is 0.160 e. The number of hydrogen-bond acceptors (Lipinski definition) is 3. The third-order valence-electron chi connectivity index (χ3n) is 8.64. The van der Waals surface area contributed by atoms with E-state index >= 15 is 0 Å². The van der Waals surface area contributed by atoms with Gasteiger partial charge in [0.15, 0.2) is 5.82 Å². The molecule has 0 unspecified atom stereocenters. The summed E-state index contributed by atoms with van der Waals surface area (Å²) in [4.78, 5) is 10.4. The Labute approximate surface area is 260 Å². The largest absolute Gasteiger partial charge is 0.456 e. The van der Waals surface area contributed by atoms with Crippen molar-refractivity contribution in [3.8, 4) is 45.0 Å². The fourth-order valence-electron chi connectivity index (χ4n) is 6.40. The fraction of sp³-hybridized carbons (Fsp3) is 0. The molecule has 0 spiro atoms. The summed E-state index contributed by atoms with van der Waals surface area (Å²) in [5.41, 5.74) is 8.66. The number of fused-ring (bicyclic) bond motifs is 5. The van der Waals surface area contributed by atoms with Crippen LogP contribution in [0.1, 0.15) is 0 Å². The zero-order chi connectivity index (χ0) is 29.7. The fourth-order valence-corrected chi connectivity index (χ4v) is 6.40. The van der Waals surface area contributed by atoms with Crippen LogP contribution in [0.2, 0.25) is 0 Å². The normalized spacial score (nSPS) is 11.6. The minimum atomic E-state index is 0.656.